The van der Waals surface area contributed by atoms with Crippen LogP contribution in [0, 0.1) is 6.92 Å². The predicted octanol–water partition coefficient (Wildman–Crippen LogP) is 6.08. The highest BCUT2D eigenvalue weighted by Gasteiger charge is 2.09. The van der Waals surface area contributed by atoms with E-state index in [0.717, 1.165) is 36.4 Å². The van der Waals surface area contributed by atoms with Crippen molar-refractivity contribution in [2.75, 3.05) is 6.61 Å². The second-order valence-electron chi connectivity index (χ2n) is 7.80. The molecular formula is C27H33NO2. The Balaban J connectivity index is 1.54. The Hall–Kier alpha value is -2.78. The van der Waals surface area contributed by atoms with Crippen LogP contribution in [0.4, 0.5) is 0 Å². The molecular weight excluding hydrogens is 370 g/mol. The lowest BCUT2D eigenvalue weighted by Crippen LogP contribution is -2.26. The summed E-state index contributed by atoms with van der Waals surface area (Å²) >= 11 is 0. The summed E-state index contributed by atoms with van der Waals surface area (Å²) in [5.74, 6) is 1.60. The minimum Gasteiger partial charge on any atom is -0.490 e. The fraction of sp³-hybridized carbons (Fsp3) is 0.333. The molecule has 158 valence electrons. The molecule has 0 aromatic heterocycles. The van der Waals surface area contributed by atoms with Gasteiger partial charge in [0.2, 0.25) is 0 Å². The van der Waals surface area contributed by atoms with E-state index in [-0.39, 0.29) is 0 Å². The molecule has 1 unspecified atom stereocenters. The van der Waals surface area contributed by atoms with Crippen molar-refractivity contribution in [3.63, 3.8) is 0 Å². The molecule has 30 heavy (non-hydrogen) atoms. The number of rotatable bonds is 11. The molecule has 3 aromatic rings. The van der Waals surface area contributed by atoms with Crippen LogP contribution in [0.15, 0.2) is 72.8 Å². The Bertz CT molecular complexity index is 908. The average molecular weight is 404 g/mol. The summed E-state index contributed by atoms with van der Waals surface area (Å²) in [5, 5.41) is 3.63. The standard InChI is InChI=1S/C27H33NO2/c1-4-29-27-18-24(19-28-22(3)13-14-23-10-6-5-7-11-23)15-16-26(27)30-20-25-12-8-9-21(2)17-25/h5-12,15-18,22,28H,4,13-14,19-20H2,1-3H3. The first-order valence-electron chi connectivity index (χ1n) is 10.9. The number of hydrogen-bond donors (Lipinski definition) is 1. The van der Waals surface area contributed by atoms with Gasteiger partial charge in [-0.1, -0.05) is 66.2 Å². The number of aryl methyl sites for hydroxylation is 2. The van der Waals surface area contributed by atoms with Crippen LogP contribution >= 0.6 is 0 Å². The first-order chi connectivity index (χ1) is 14.6. The third kappa shape index (κ3) is 6.93. The number of ether oxygens (including phenoxy) is 2. The van der Waals surface area contributed by atoms with Gasteiger partial charge in [0.25, 0.3) is 0 Å². The topological polar surface area (TPSA) is 30.5 Å². The van der Waals surface area contributed by atoms with Crippen molar-refractivity contribution in [2.45, 2.75) is 52.8 Å². The van der Waals surface area contributed by atoms with Crippen LogP contribution in [0.1, 0.15) is 42.5 Å². The Kier molecular flexibility index (Phi) is 8.34. The van der Waals surface area contributed by atoms with Crippen LogP contribution in [0.5, 0.6) is 11.5 Å². The van der Waals surface area contributed by atoms with E-state index in [9.17, 15) is 0 Å². The maximum Gasteiger partial charge on any atom is 0.161 e. The fourth-order valence-electron chi connectivity index (χ4n) is 3.43. The SMILES string of the molecule is CCOc1cc(CNC(C)CCc2ccccc2)ccc1OCc1cccc(C)c1. The molecule has 0 aliphatic carbocycles. The maximum absolute atomic E-state index is 6.05. The number of benzene rings is 3. The number of hydrogen-bond acceptors (Lipinski definition) is 3. The van der Waals surface area contributed by atoms with Crippen molar-refractivity contribution in [3.8, 4) is 11.5 Å². The third-order valence-corrected chi connectivity index (χ3v) is 5.15. The minimum absolute atomic E-state index is 0.443. The highest BCUT2D eigenvalue weighted by Crippen LogP contribution is 2.29. The molecule has 0 spiro atoms. The van der Waals surface area contributed by atoms with Crippen molar-refractivity contribution >= 4 is 0 Å². The van der Waals surface area contributed by atoms with Gasteiger partial charge in [0.05, 0.1) is 6.61 Å². The molecule has 3 rings (SSSR count). The summed E-state index contributed by atoms with van der Waals surface area (Å²) in [4.78, 5) is 0. The molecule has 0 saturated carbocycles. The molecule has 0 aliphatic rings. The van der Waals surface area contributed by atoms with Gasteiger partial charge in [-0.15, -0.1) is 0 Å². The zero-order chi connectivity index (χ0) is 21.2. The molecule has 0 heterocycles. The third-order valence-electron chi connectivity index (χ3n) is 5.15. The van der Waals surface area contributed by atoms with E-state index in [1.165, 1.54) is 16.7 Å². The molecule has 3 nitrogen and oxygen atoms in total. The zero-order valence-corrected chi connectivity index (χ0v) is 18.4. The Morgan fingerprint density at radius 3 is 2.37 bits per heavy atom. The van der Waals surface area contributed by atoms with Crippen molar-refractivity contribution in [2.24, 2.45) is 0 Å². The average Bonchev–Trinajstić information content (AvgIpc) is 2.76. The minimum atomic E-state index is 0.443. The first-order valence-corrected chi connectivity index (χ1v) is 10.9. The van der Waals surface area contributed by atoms with E-state index in [2.05, 4.69) is 85.9 Å². The molecule has 0 aliphatic heterocycles. The summed E-state index contributed by atoms with van der Waals surface area (Å²) in [6.07, 6.45) is 2.20. The van der Waals surface area contributed by atoms with Crippen molar-refractivity contribution in [1.82, 2.24) is 5.32 Å². The molecule has 0 radical (unpaired) electrons. The molecule has 3 aromatic carbocycles. The van der Waals surface area contributed by atoms with Gasteiger partial charge in [0, 0.05) is 12.6 Å². The van der Waals surface area contributed by atoms with Crippen LogP contribution in [-0.4, -0.2) is 12.6 Å². The van der Waals surface area contributed by atoms with Gasteiger partial charge >= 0.3 is 0 Å². The Morgan fingerprint density at radius 2 is 1.60 bits per heavy atom. The lowest BCUT2D eigenvalue weighted by atomic mass is 10.1. The molecule has 0 saturated heterocycles. The van der Waals surface area contributed by atoms with Gasteiger partial charge in [-0.2, -0.15) is 0 Å². The van der Waals surface area contributed by atoms with Gasteiger partial charge in [0.15, 0.2) is 11.5 Å². The Morgan fingerprint density at radius 1 is 0.800 bits per heavy atom. The molecule has 0 fully saturated rings. The van der Waals surface area contributed by atoms with E-state index >= 15 is 0 Å². The van der Waals surface area contributed by atoms with Gasteiger partial charge in [-0.3, -0.25) is 0 Å². The van der Waals surface area contributed by atoms with Crippen LogP contribution in [0.2, 0.25) is 0 Å². The van der Waals surface area contributed by atoms with Gasteiger partial charge in [0.1, 0.15) is 6.61 Å². The molecule has 1 N–H and O–H groups in total. The van der Waals surface area contributed by atoms with Crippen LogP contribution < -0.4 is 14.8 Å². The van der Waals surface area contributed by atoms with E-state index < -0.39 is 0 Å². The summed E-state index contributed by atoms with van der Waals surface area (Å²) in [5.41, 5.74) is 4.99. The van der Waals surface area contributed by atoms with Gasteiger partial charge < -0.3 is 14.8 Å². The second kappa shape index (κ2) is 11.4. The summed E-state index contributed by atoms with van der Waals surface area (Å²) in [6.45, 7) is 8.31. The lowest BCUT2D eigenvalue weighted by molar-refractivity contribution is 0.269. The molecule has 1 atom stereocenters. The quantitative estimate of drug-likeness (QED) is 0.421. The summed E-state index contributed by atoms with van der Waals surface area (Å²) in [6, 6.07) is 25.7. The summed E-state index contributed by atoms with van der Waals surface area (Å²) in [7, 11) is 0. The lowest BCUT2D eigenvalue weighted by Gasteiger charge is -2.16. The predicted molar refractivity (Wildman–Crippen MR) is 124 cm³/mol. The van der Waals surface area contributed by atoms with Crippen molar-refractivity contribution in [1.29, 1.82) is 0 Å². The number of nitrogens with one attached hydrogen (secondary N) is 1. The molecule has 0 bridgehead atoms. The van der Waals surface area contributed by atoms with E-state index in [0.29, 0.717) is 19.3 Å². The van der Waals surface area contributed by atoms with Crippen LogP contribution in [0.25, 0.3) is 0 Å². The highest BCUT2D eigenvalue weighted by molar-refractivity contribution is 5.43. The normalized spacial score (nSPS) is 11.8. The molecule has 0 amide bonds. The van der Waals surface area contributed by atoms with E-state index in [1.807, 2.05) is 13.0 Å². The van der Waals surface area contributed by atoms with E-state index in [1.54, 1.807) is 0 Å². The van der Waals surface area contributed by atoms with Crippen molar-refractivity contribution in [3.05, 3.63) is 95.1 Å². The highest BCUT2D eigenvalue weighted by atomic mass is 16.5. The van der Waals surface area contributed by atoms with Gasteiger partial charge in [-0.25, -0.2) is 0 Å². The maximum atomic E-state index is 6.05. The first kappa shape index (κ1) is 21.9. The van der Waals surface area contributed by atoms with E-state index in [4.69, 9.17) is 9.47 Å². The monoisotopic (exact) mass is 403 g/mol. The zero-order valence-electron chi connectivity index (χ0n) is 18.4. The fourth-order valence-corrected chi connectivity index (χ4v) is 3.43. The molecule has 3 heteroatoms. The summed E-state index contributed by atoms with van der Waals surface area (Å²) < 4.78 is 11.9. The van der Waals surface area contributed by atoms with Crippen molar-refractivity contribution < 1.29 is 9.47 Å². The van der Waals surface area contributed by atoms with Crippen LogP contribution in [-0.2, 0) is 19.6 Å². The Labute approximate surface area is 181 Å². The van der Waals surface area contributed by atoms with Crippen LogP contribution in [0.3, 0.4) is 0 Å². The second-order valence-corrected chi connectivity index (χ2v) is 7.80. The van der Waals surface area contributed by atoms with Gasteiger partial charge in [-0.05, 0) is 62.4 Å². The largest absolute Gasteiger partial charge is 0.490 e. The smallest absolute Gasteiger partial charge is 0.161 e.